The van der Waals surface area contributed by atoms with Crippen LogP contribution in [0.3, 0.4) is 0 Å². The summed E-state index contributed by atoms with van der Waals surface area (Å²) in [6.07, 6.45) is 4.42. The molecule has 3 aromatic rings. The van der Waals surface area contributed by atoms with E-state index in [0.29, 0.717) is 12.5 Å². The van der Waals surface area contributed by atoms with E-state index in [-0.39, 0.29) is 24.0 Å². The van der Waals surface area contributed by atoms with E-state index in [4.69, 9.17) is 5.73 Å². The van der Waals surface area contributed by atoms with Crippen LogP contribution in [0.2, 0.25) is 0 Å². The minimum absolute atomic E-state index is 0. The highest BCUT2D eigenvalue weighted by atomic mass is 127. The number of nitrogens with two attached hydrogens (primary N) is 1. The van der Waals surface area contributed by atoms with Gasteiger partial charge in [-0.25, -0.2) is 14.5 Å². The second-order valence-electron chi connectivity index (χ2n) is 4.49. The first-order chi connectivity index (χ1) is 10.3. The summed E-state index contributed by atoms with van der Waals surface area (Å²) in [4.78, 5) is 9.89. The maximum Gasteiger partial charge on any atom is 0.188 e. The summed E-state index contributed by atoms with van der Waals surface area (Å²) < 4.78 is 1.77. The molecule has 3 heterocycles. The van der Waals surface area contributed by atoms with E-state index in [1.54, 1.807) is 28.2 Å². The third kappa shape index (κ3) is 4.17. The molecule has 0 unspecified atom stereocenters. The molecule has 0 aliphatic rings. The SMILES string of the molecule is I.NC(=NCc1ccnc2ccnn12)NCCc1cccs1. The van der Waals surface area contributed by atoms with E-state index >= 15 is 0 Å². The van der Waals surface area contributed by atoms with Crippen molar-refractivity contribution in [3.8, 4) is 0 Å². The average Bonchev–Trinajstić information content (AvgIpc) is 3.16. The third-order valence-corrected chi connectivity index (χ3v) is 3.97. The molecule has 3 aromatic heterocycles. The van der Waals surface area contributed by atoms with Gasteiger partial charge >= 0.3 is 0 Å². The van der Waals surface area contributed by atoms with Crippen molar-refractivity contribution in [1.29, 1.82) is 0 Å². The zero-order valence-electron chi connectivity index (χ0n) is 11.8. The van der Waals surface area contributed by atoms with Crippen LogP contribution in [0.4, 0.5) is 0 Å². The summed E-state index contributed by atoms with van der Waals surface area (Å²) in [5, 5.41) is 9.41. The Labute approximate surface area is 149 Å². The van der Waals surface area contributed by atoms with Crippen LogP contribution in [-0.4, -0.2) is 27.1 Å². The molecule has 0 aliphatic carbocycles. The number of nitrogens with zero attached hydrogens (tertiary/aromatic N) is 4. The van der Waals surface area contributed by atoms with Crippen molar-refractivity contribution in [1.82, 2.24) is 19.9 Å². The minimum Gasteiger partial charge on any atom is -0.370 e. The molecule has 0 atom stereocenters. The highest BCUT2D eigenvalue weighted by Gasteiger charge is 2.01. The number of halogens is 1. The lowest BCUT2D eigenvalue weighted by molar-refractivity contribution is 0.817. The molecule has 0 bridgehead atoms. The fraction of sp³-hybridized carbons (Fsp3) is 0.214. The summed E-state index contributed by atoms with van der Waals surface area (Å²) in [7, 11) is 0. The van der Waals surface area contributed by atoms with E-state index in [1.165, 1.54) is 4.88 Å². The first-order valence-electron chi connectivity index (χ1n) is 6.67. The van der Waals surface area contributed by atoms with Gasteiger partial charge in [-0.3, -0.25) is 0 Å². The van der Waals surface area contributed by atoms with Gasteiger partial charge in [0.15, 0.2) is 11.6 Å². The van der Waals surface area contributed by atoms with Gasteiger partial charge in [0.05, 0.1) is 18.4 Å². The molecule has 0 radical (unpaired) electrons. The Hall–Kier alpha value is -1.68. The lowest BCUT2D eigenvalue weighted by atomic mass is 10.3. The molecular formula is C14H17IN6S. The monoisotopic (exact) mass is 428 g/mol. The fourth-order valence-electron chi connectivity index (χ4n) is 2.00. The second kappa shape index (κ2) is 8.08. The van der Waals surface area contributed by atoms with Gasteiger partial charge in [-0.1, -0.05) is 6.07 Å². The molecular weight excluding hydrogens is 411 g/mol. The zero-order valence-corrected chi connectivity index (χ0v) is 15.0. The van der Waals surface area contributed by atoms with Gasteiger partial charge in [-0.2, -0.15) is 5.10 Å². The first-order valence-corrected chi connectivity index (χ1v) is 7.55. The Kier molecular flexibility index (Phi) is 6.13. The molecule has 3 rings (SSSR count). The van der Waals surface area contributed by atoms with Crippen LogP contribution in [0.25, 0.3) is 5.65 Å². The quantitative estimate of drug-likeness (QED) is 0.371. The van der Waals surface area contributed by atoms with Gasteiger partial charge < -0.3 is 11.1 Å². The van der Waals surface area contributed by atoms with Gasteiger partial charge in [0.2, 0.25) is 0 Å². The van der Waals surface area contributed by atoms with Gasteiger partial charge in [0.25, 0.3) is 0 Å². The van der Waals surface area contributed by atoms with Crippen molar-refractivity contribution < 1.29 is 0 Å². The van der Waals surface area contributed by atoms with E-state index in [0.717, 1.165) is 24.3 Å². The molecule has 0 spiro atoms. The van der Waals surface area contributed by atoms with Gasteiger partial charge in [-0.15, -0.1) is 35.3 Å². The molecule has 0 aliphatic heterocycles. The van der Waals surface area contributed by atoms with Gasteiger partial charge in [0, 0.05) is 23.7 Å². The number of aliphatic imine (C=N–C) groups is 1. The van der Waals surface area contributed by atoms with E-state index in [9.17, 15) is 0 Å². The van der Waals surface area contributed by atoms with Crippen LogP contribution in [0.1, 0.15) is 10.6 Å². The number of guanidine groups is 1. The molecule has 0 saturated carbocycles. The number of rotatable bonds is 5. The van der Waals surface area contributed by atoms with Crippen molar-refractivity contribution in [3.63, 3.8) is 0 Å². The predicted octanol–water partition coefficient (Wildman–Crippen LogP) is 2.06. The Balaban J connectivity index is 0.00000176. The van der Waals surface area contributed by atoms with Crippen molar-refractivity contribution in [2.75, 3.05) is 6.54 Å². The number of nitrogens with one attached hydrogen (secondary N) is 1. The molecule has 8 heteroatoms. The highest BCUT2D eigenvalue weighted by molar-refractivity contribution is 14.0. The minimum atomic E-state index is 0. The topological polar surface area (TPSA) is 80.6 Å². The fourth-order valence-corrected chi connectivity index (χ4v) is 2.71. The average molecular weight is 428 g/mol. The number of hydrogen-bond donors (Lipinski definition) is 2. The summed E-state index contributed by atoms with van der Waals surface area (Å²) in [5.74, 6) is 0.448. The highest BCUT2D eigenvalue weighted by Crippen LogP contribution is 2.08. The Morgan fingerprint density at radius 3 is 3.05 bits per heavy atom. The Bertz CT molecular complexity index is 737. The molecule has 6 nitrogen and oxygen atoms in total. The number of fused-ring (bicyclic) bond motifs is 1. The molecule has 22 heavy (non-hydrogen) atoms. The molecule has 116 valence electrons. The normalized spacial score (nSPS) is 11.4. The van der Waals surface area contributed by atoms with Gasteiger partial charge in [0.1, 0.15) is 0 Å². The summed E-state index contributed by atoms with van der Waals surface area (Å²) in [6, 6.07) is 7.92. The van der Waals surface area contributed by atoms with Gasteiger partial charge in [-0.05, 0) is 23.9 Å². The van der Waals surface area contributed by atoms with Crippen molar-refractivity contribution >= 4 is 46.9 Å². The smallest absolute Gasteiger partial charge is 0.188 e. The Morgan fingerprint density at radius 1 is 1.32 bits per heavy atom. The molecule has 0 aromatic carbocycles. The largest absolute Gasteiger partial charge is 0.370 e. The van der Waals surface area contributed by atoms with Crippen molar-refractivity contribution in [2.24, 2.45) is 10.7 Å². The number of hydrogen-bond acceptors (Lipinski definition) is 4. The third-order valence-electron chi connectivity index (χ3n) is 3.04. The summed E-state index contributed by atoms with van der Waals surface area (Å²) in [6.45, 7) is 1.25. The zero-order chi connectivity index (χ0) is 14.5. The van der Waals surface area contributed by atoms with Crippen LogP contribution < -0.4 is 11.1 Å². The first kappa shape index (κ1) is 16.7. The van der Waals surface area contributed by atoms with Crippen LogP contribution in [0.5, 0.6) is 0 Å². The lowest BCUT2D eigenvalue weighted by Gasteiger charge is -2.05. The number of aromatic nitrogens is 3. The predicted molar refractivity (Wildman–Crippen MR) is 99.8 cm³/mol. The second-order valence-corrected chi connectivity index (χ2v) is 5.53. The van der Waals surface area contributed by atoms with Crippen molar-refractivity contribution in [3.05, 3.63) is 52.6 Å². The van der Waals surface area contributed by atoms with E-state index in [1.807, 2.05) is 12.1 Å². The summed E-state index contributed by atoms with van der Waals surface area (Å²) >= 11 is 1.75. The Morgan fingerprint density at radius 2 is 2.23 bits per heavy atom. The van der Waals surface area contributed by atoms with Crippen molar-refractivity contribution in [2.45, 2.75) is 13.0 Å². The number of thiophene rings is 1. The van der Waals surface area contributed by atoms with E-state index in [2.05, 4.69) is 37.9 Å². The van der Waals surface area contributed by atoms with E-state index < -0.39 is 0 Å². The van der Waals surface area contributed by atoms with Crippen LogP contribution in [0.15, 0.2) is 47.0 Å². The van der Waals surface area contributed by atoms with Crippen LogP contribution in [-0.2, 0) is 13.0 Å². The molecule has 0 amide bonds. The molecule has 0 fully saturated rings. The molecule has 3 N–H and O–H groups in total. The summed E-state index contributed by atoms with van der Waals surface area (Å²) in [5.41, 5.74) is 7.64. The molecule has 0 saturated heterocycles. The van der Waals surface area contributed by atoms with Crippen LogP contribution in [0, 0.1) is 0 Å². The van der Waals surface area contributed by atoms with Crippen LogP contribution >= 0.6 is 35.3 Å². The standard InChI is InChI=1S/C14H16N6S.HI/c15-14(17-7-4-12-2-1-9-21-12)18-10-11-3-6-16-13-5-8-19-20(11)13;/h1-3,5-6,8-9H,4,7,10H2,(H3,15,17,18);1H. The lowest BCUT2D eigenvalue weighted by Crippen LogP contribution is -2.33. The maximum atomic E-state index is 5.88. The maximum absolute atomic E-state index is 5.88.